The van der Waals surface area contributed by atoms with Crippen LogP contribution in [-0.2, 0) is 24.3 Å². The lowest BCUT2D eigenvalue weighted by molar-refractivity contribution is -0.142. The third-order valence-electron chi connectivity index (χ3n) is 7.09. The third kappa shape index (κ3) is 8.42. The Morgan fingerprint density at radius 1 is 0.974 bits per heavy atom. The summed E-state index contributed by atoms with van der Waals surface area (Å²) in [5.74, 6) is -2.27. The van der Waals surface area contributed by atoms with Crippen LogP contribution in [0.1, 0.15) is 66.7 Å². The van der Waals surface area contributed by atoms with Gasteiger partial charge in [-0.1, -0.05) is 30.3 Å². The summed E-state index contributed by atoms with van der Waals surface area (Å²) in [6, 6.07) is 12.0. The summed E-state index contributed by atoms with van der Waals surface area (Å²) in [7, 11) is -4.18. The van der Waals surface area contributed by atoms with Crippen LogP contribution in [0.2, 0.25) is 0 Å². The van der Waals surface area contributed by atoms with E-state index in [0.29, 0.717) is 38.8 Å². The number of hydrogen-bond acceptors (Lipinski definition) is 6. The molecule has 9 nitrogen and oxygen atoms in total. The minimum Gasteiger partial charge on any atom is -0.444 e. The maximum absolute atomic E-state index is 13.4. The Morgan fingerprint density at radius 2 is 1.59 bits per heavy atom. The van der Waals surface area contributed by atoms with E-state index in [1.54, 1.807) is 17.0 Å². The summed E-state index contributed by atoms with van der Waals surface area (Å²) >= 11 is 0. The molecule has 0 aromatic heterocycles. The molecule has 1 aliphatic rings. The zero-order valence-electron chi connectivity index (χ0n) is 23.5. The number of ether oxygens (including phenoxy) is 1. The Labute approximate surface area is 231 Å². The largest absolute Gasteiger partial charge is 0.444 e. The fourth-order valence-electron chi connectivity index (χ4n) is 5.02. The molecule has 1 unspecified atom stereocenters. The number of nitrogens with zero attached hydrogens (tertiary/aromatic N) is 1. The topological polar surface area (TPSA) is 122 Å². The lowest BCUT2D eigenvalue weighted by Gasteiger charge is -2.32. The molecule has 0 saturated heterocycles. The van der Waals surface area contributed by atoms with Crippen LogP contribution < -0.4 is 10.0 Å². The van der Waals surface area contributed by atoms with E-state index >= 15 is 0 Å². The predicted molar refractivity (Wildman–Crippen MR) is 150 cm³/mol. The Kier molecular flexibility index (Phi) is 9.98. The second-order valence-electron chi connectivity index (χ2n) is 11.1. The number of rotatable bonds is 9. The van der Waals surface area contributed by atoms with Gasteiger partial charge in [-0.3, -0.25) is 9.59 Å². The number of nitrogens with one attached hydrogen (secondary N) is 2. The van der Waals surface area contributed by atoms with E-state index in [1.165, 1.54) is 12.1 Å². The maximum atomic E-state index is 13.4. The first kappa shape index (κ1) is 30.4. The van der Waals surface area contributed by atoms with Crippen LogP contribution in [0.3, 0.4) is 0 Å². The summed E-state index contributed by atoms with van der Waals surface area (Å²) in [5.41, 5.74) is -0.583. The smallest absolute Gasteiger partial charge is 0.407 e. The van der Waals surface area contributed by atoms with Crippen LogP contribution in [-0.4, -0.2) is 56.0 Å². The van der Waals surface area contributed by atoms with Crippen molar-refractivity contribution in [1.82, 2.24) is 14.9 Å². The molecule has 0 radical (unpaired) electrons. The van der Waals surface area contributed by atoms with Gasteiger partial charge in [0.2, 0.25) is 11.8 Å². The van der Waals surface area contributed by atoms with Gasteiger partial charge < -0.3 is 15.0 Å². The molecule has 2 aromatic carbocycles. The van der Waals surface area contributed by atoms with E-state index in [9.17, 15) is 22.8 Å². The molecule has 0 aliphatic heterocycles. The van der Waals surface area contributed by atoms with Gasteiger partial charge in [0.25, 0.3) is 10.0 Å². The average molecular weight is 560 g/mol. The molecular weight excluding hydrogens is 518 g/mol. The summed E-state index contributed by atoms with van der Waals surface area (Å²) in [6.07, 6.45) is 2.56. The molecule has 2 aromatic rings. The van der Waals surface area contributed by atoms with Crippen molar-refractivity contribution in [2.24, 2.45) is 11.8 Å². The van der Waals surface area contributed by atoms with E-state index in [1.807, 2.05) is 52.8 Å². The van der Waals surface area contributed by atoms with Crippen molar-refractivity contribution in [3.05, 3.63) is 42.5 Å². The highest BCUT2D eigenvalue weighted by atomic mass is 32.2. The predicted octanol–water partition coefficient (Wildman–Crippen LogP) is 4.60. The molecule has 214 valence electrons. The van der Waals surface area contributed by atoms with Crippen LogP contribution in [0.5, 0.6) is 0 Å². The number of fused-ring (bicyclic) bond motifs is 1. The molecule has 1 saturated carbocycles. The van der Waals surface area contributed by atoms with Gasteiger partial charge in [0.15, 0.2) is 0 Å². The second-order valence-corrected chi connectivity index (χ2v) is 12.8. The Bertz CT molecular complexity index is 1280. The van der Waals surface area contributed by atoms with Crippen molar-refractivity contribution in [2.45, 2.75) is 83.3 Å². The van der Waals surface area contributed by atoms with Crippen molar-refractivity contribution >= 4 is 38.7 Å². The van der Waals surface area contributed by atoms with E-state index in [2.05, 4.69) is 10.0 Å². The van der Waals surface area contributed by atoms with Gasteiger partial charge in [0.05, 0.1) is 4.90 Å². The molecule has 2 N–H and O–H groups in total. The summed E-state index contributed by atoms with van der Waals surface area (Å²) in [4.78, 5) is 40.4. The van der Waals surface area contributed by atoms with E-state index in [4.69, 9.17) is 4.74 Å². The first-order valence-corrected chi connectivity index (χ1v) is 15.1. The summed E-state index contributed by atoms with van der Waals surface area (Å²) in [5, 5.41) is 4.52. The lowest BCUT2D eigenvalue weighted by atomic mass is 9.80. The van der Waals surface area contributed by atoms with Crippen LogP contribution in [0.4, 0.5) is 4.79 Å². The molecule has 0 bridgehead atoms. The van der Waals surface area contributed by atoms with Crippen molar-refractivity contribution in [3.8, 4) is 0 Å². The second kappa shape index (κ2) is 12.8. The number of carbonyl (C=O) groups is 3. The summed E-state index contributed by atoms with van der Waals surface area (Å²) in [6.45, 7) is 9.92. The minimum absolute atomic E-state index is 0.0303. The fraction of sp³-hybridized carbons (Fsp3) is 0.552. The van der Waals surface area contributed by atoms with Gasteiger partial charge in [0, 0.05) is 19.1 Å². The zero-order valence-corrected chi connectivity index (χ0v) is 24.3. The van der Waals surface area contributed by atoms with Gasteiger partial charge >= 0.3 is 6.09 Å². The van der Waals surface area contributed by atoms with Crippen LogP contribution in [0.25, 0.3) is 10.8 Å². The van der Waals surface area contributed by atoms with Gasteiger partial charge in [-0.2, -0.15) is 0 Å². The Hall–Kier alpha value is -3.14. The van der Waals surface area contributed by atoms with Gasteiger partial charge in [-0.25, -0.2) is 17.9 Å². The molecule has 3 rings (SSSR count). The van der Waals surface area contributed by atoms with Crippen LogP contribution >= 0.6 is 0 Å². The average Bonchev–Trinajstić information content (AvgIpc) is 2.87. The SMILES string of the molecule is CCN(CC)C(=O)C(C[C@H]1CC[C@H](NC(=O)OC(C)(C)C)CC1)C(=O)NS(=O)(=O)c1ccc2ccccc2c1. The number of hydrogen-bond donors (Lipinski definition) is 2. The first-order chi connectivity index (χ1) is 18.3. The number of amides is 3. The highest BCUT2D eigenvalue weighted by Crippen LogP contribution is 2.31. The number of benzene rings is 2. The molecule has 1 fully saturated rings. The van der Waals surface area contributed by atoms with Crippen molar-refractivity contribution in [2.75, 3.05) is 13.1 Å². The monoisotopic (exact) mass is 559 g/mol. The van der Waals surface area contributed by atoms with Crippen molar-refractivity contribution in [3.63, 3.8) is 0 Å². The van der Waals surface area contributed by atoms with Crippen LogP contribution in [0, 0.1) is 11.8 Å². The van der Waals surface area contributed by atoms with Gasteiger partial charge in [0.1, 0.15) is 11.5 Å². The van der Waals surface area contributed by atoms with Gasteiger partial charge in [-0.15, -0.1) is 0 Å². The normalized spacial score (nSPS) is 18.7. The first-order valence-electron chi connectivity index (χ1n) is 13.7. The quantitative estimate of drug-likeness (QED) is 0.433. The van der Waals surface area contributed by atoms with Crippen molar-refractivity contribution in [1.29, 1.82) is 0 Å². The van der Waals surface area contributed by atoms with Gasteiger partial charge in [-0.05, 0) is 95.5 Å². The fourth-order valence-corrected chi connectivity index (χ4v) is 6.08. The minimum atomic E-state index is -4.18. The third-order valence-corrected chi connectivity index (χ3v) is 8.44. The highest BCUT2D eigenvalue weighted by Gasteiger charge is 2.36. The number of sulfonamides is 1. The zero-order chi connectivity index (χ0) is 28.8. The molecule has 3 amide bonds. The maximum Gasteiger partial charge on any atom is 0.407 e. The molecule has 39 heavy (non-hydrogen) atoms. The Balaban J connectivity index is 1.71. The molecule has 1 aliphatic carbocycles. The molecule has 10 heteroatoms. The molecular formula is C29H41N3O6S. The highest BCUT2D eigenvalue weighted by molar-refractivity contribution is 7.90. The van der Waals surface area contributed by atoms with E-state index < -0.39 is 33.5 Å². The summed E-state index contributed by atoms with van der Waals surface area (Å²) < 4.78 is 33.8. The molecule has 0 heterocycles. The number of carbonyl (C=O) groups excluding carboxylic acids is 3. The van der Waals surface area contributed by atoms with E-state index in [0.717, 1.165) is 10.8 Å². The number of alkyl carbamates (subject to hydrolysis) is 1. The molecule has 1 atom stereocenters. The van der Waals surface area contributed by atoms with Crippen LogP contribution in [0.15, 0.2) is 47.4 Å². The lowest BCUT2D eigenvalue weighted by Crippen LogP contribution is -2.46. The van der Waals surface area contributed by atoms with Crippen molar-refractivity contribution < 1.29 is 27.5 Å². The standard InChI is InChI=1S/C29H41N3O6S/c1-6-32(7-2)27(34)25(18-20-12-15-23(16-13-20)30-28(35)38-29(3,4)5)26(33)31-39(36,37)24-17-14-21-10-8-9-11-22(21)19-24/h8-11,14,17,19-20,23,25H,6-7,12-13,15-16,18H2,1-5H3,(H,30,35)(H,31,33)/t20-,23-,25?. The molecule has 0 spiro atoms. The Morgan fingerprint density at radius 3 is 2.18 bits per heavy atom. The van der Waals surface area contributed by atoms with E-state index in [-0.39, 0.29) is 29.2 Å².